The molecule has 2 rings (SSSR count). The van der Waals surface area contributed by atoms with Gasteiger partial charge in [0.05, 0.1) is 13.2 Å². The van der Waals surface area contributed by atoms with E-state index in [2.05, 4.69) is 16.0 Å². The molecule has 2 aromatic carbocycles. The van der Waals surface area contributed by atoms with Gasteiger partial charge < -0.3 is 20.7 Å². The van der Waals surface area contributed by atoms with Crippen molar-refractivity contribution in [2.24, 2.45) is 0 Å². The summed E-state index contributed by atoms with van der Waals surface area (Å²) in [4.78, 5) is 23.6. The van der Waals surface area contributed by atoms with Crippen molar-refractivity contribution in [2.45, 2.75) is 20.4 Å². The zero-order chi connectivity index (χ0) is 18.1. The van der Waals surface area contributed by atoms with E-state index in [0.717, 1.165) is 11.3 Å². The molecule has 6 heteroatoms. The fourth-order valence-corrected chi connectivity index (χ4v) is 2.12. The van der Waals surface area contributed by atoms with Crippen molar-refractivity contribution in [1.29, 1.82) is 0 Å². The minimum atomic E-state index is -0.387. The molecule has 2 aromatic rings. The van der Waals surface area contributed by atoms with Crippen LogP contribution in [0.2, 0.25) is 0 Å². The molecule has 0 aliphatic carbocycles. The number of hydrogen-bond acceptors (Lipinski definition) is 3. The van der Waals surface area contributed by atoms with Crippen molar-refractivity contribution < 1.29 is 14.3 Å². The van der Waals surface area contributed by atoms with Gasteiger partial charge in [-0.2, -0.15) is 0 Å². The number of aryl methyl sites for hydroxylation is 1. The second kappa shape index (κ2) is 9.32. The average Bonchev–Trinajstić information content (AvgIpc) is 2.61. The van der Waals surface area contributed by atoms with E-state index >= 15 is 0 Å². The molecule has 0 saturated heterocycles. The fourth-order valence-electron chi connectivity index (χ4n) is 2.12. The number of carbonyl (C=O) groups is 2. The molecule has 6 nitrogen and oxygen atoms in total. The molecule has 0 aliphatic rings. The number of amides is 3. The first-order valence-corrected chi connectivity index (χ1v) is 8.17. The maximum absolute atomic E-state index is 11.9. The van der Waals surface area contributed by atoms with Gasteiger partial charge in [-0.1, -0.05) is 29.8 Å². The first kappa shape index (κ1) is 18.3. The molecular weight excluding hydrogens is 318 g/mol. The van der Waals surface area contributed by atoms with Crippen LogP contribution in [0.15, 0.2) is 48.5 Å². The predicted molar refractivity (Wildman–Crippen MR) is 97.7 cm³/mol. The van der Waals surface area contributed by atoms with E-state index in [4.69, 9.17) is 4.74 Å². The Morgan fingerprint density at radius 3 is 2.28 bits per heavy atom. The highest BCUT2D eigenvalue weighted by Crippen LogP contribution is 2.15. The van der Waals surface area contributed by atoms with Gasteiger partial charge in [0, 0.05) is 12.2 Å². The normalized spacial score (nSPS) is 10.0. The van der Waals surface area contributed by atoms with Crippen molar-refractivity contribution in [3.63, 3.8) is 0 Å². The third kappa shape index (κ3) is 6.55. The summed E-state index contributed by atoms with van der Waals surface area (Å²) in [5.74, 6) is 0.448. The van der Waals surface area contributed by atoms with E-state index in [1.165, 1.54) is 5.56 Å². The molecular formula is C19H23N3O3. The van der Waals surface area contributed by atoms with E-state index in [-0.39, 0.29) is 18.5 Å². The summed E-state index contributed by atoms with van der Waals surface area (Å²) in [6.07, 6.45) is 0. The van der Waals surface area contributed by atoms with Crippen LogP contribution in [0.3, 0.4) is 0 Å². The Morgan fingerprint density at radius 1 is 0.960 bits per heavy atom. The van der Waals surface area contributed by atoms with Gasteiger partial charge in [-0.05, 0) is 43.7 Å². The Morgan fingerprint density at radius 2 is 1.64 bits per heavy atom. The van der Waals surface area contributed by atoms with Crippen LogP contribution in [-0.2, 0) is 11.3 Å². The lowest BCUT2D eigenvalue weighted by Gasteiger charge is -2.09. The van der Waals surface area contributed by atoms with Crippen LogP contribution in [0.5, 0.6) is 5.75 Å². The molecule has 0 aromatic heterocycles. The molecule has 0 unspecified atom stereocenters. The average molecular weight is 341 g/mol. The summed E-state index contributed by atoms with van der Waals surface area (Å²) in [5, 5.41) is 7.95. The Hall–Kier alpha value is -3.02. The summed E-state index contributed by atoms with van der Waals surface area (Å²) in [7, 11) is 0. The van der Waals surface area contributed by atoms with Crippen molar-refractivity contribution in [2.75, 3.05) is 18.5 Å². The fraction of sp³-hybridized carbons (Fsp3) is 0.263. The molecule has 0 heterocycles. The number of hydrogen-bond donors (Lipinski definition) is 3. The SMILES string of the molecule is CCOc1ccc(NC(=O)CNC(=O)NCc2ccc(C)cc2)cc1. The summed E-state index contributed by atoms with van der Waals surface area (Å²) < 4.78 is 5.34. The predicted octanol–water partition coefficient (Wildman–Crippen LogP) is 2.83. The number of nitrogens with one attached hydrogen (secondary N) is 3. The summed E-state index contributed by atoms with van der Waals surface area (Å²) >= 11 is 0. The molecule has 132 valence electrons. The Balaban J connectivity index is 1.69. The second-order valence-electron chi connectivity index (χ2n) is 5.53. The molecule has 0 radical (unpaired) electrons. The van der Waals surface area contributed by atoms with Gasteiger partial charge in [-0.25, -0.2) is 4.79 Å². The van der Waals surface area contributed by atoms with Crippen LogP contribution in [0.25, 0.3) is 0 Å². The van der Waals surface area contributed by atoms with Gasteiger partial charge in [0.25, 0.3) is 0 Å². The molecule has 0 fully saturated rings. The standard InChI is InChI=1S/C19H23N3O3/c1-3-25-17-10-8-16(9-11-17)22-18(23)13-21-19(24)20-12-15-6-4-14(2)5-7-15/h4-11H,3,12-13H2,1-2H3,(H,22,23)(H2,20,21,24). The number of ether oxygens (including phenoxy) is 1. The Kier molecular flexibility index (Phi) is 6.83. The Labute approximate surface area is 147 Å². The highest BCUT2D eigenvalue weighted by Gasteiger charge is 2.06. The van der Waals surface area contributed by atoms with Gasteiger partial charge in [-0.15, -0.1) is 0 Å². The zero-order valence-corrected chi connectivity index (χ0v) is 14.5. The van der Waals surface area contributed by atoms with Crippen molar-refractivity contribution in [1.82, 2.24) is 10.6 Å². The molecule has 25 heavy (non-hydrogen) atoms. The number of urea groups is 1. The van der Waals surface area contributed by atoms with Gasteiger partial charge in [0.15, 0.2) is 0 Å². The largest absolute Gasteiger partial charge is 0.494 e. The third-order valence-corrected chi connectivity index (χ3v) is 3.43. The number of benzene rings is 2. The highest BCUT2D eigenvalue weighted by molar-refractivity contribution is 5.94. The molecule has 0 bridgehead atoms. The summed E-state index contributed by atoms with van der Waals surface area (Å²) in [6, 6.07) is 14.5. The molecule has 0 atom stereocenters. The molecule has 0 spiro atoms. The summed E-state index contributed by atoms with van der Waals surface area (Å²) in [5.41, 5.74) is 2.81. The van der Waals surface area contributed by atoms with Gasteiger partial charge in [0.2, 0.25) is 5.91 Å². The molecule has 3 N–H and O–H groups in total. The number of anilines is 1. The summed E-state index contributed by atoms with van der Waals surface area (Å²) in [6.45, 7) is 4.81. The van der Waals surface area contributed by atoms with Crippen LogP contribution in [0, 0.1) is 6.92 Å². The maximum atomic E-state index is 11.9. The molecule has 0 saturated carbocycles. The minimum absolute atomic E-state index is 0.104. The second-order valence-corrected chi connectivity index (χ2v) is 5.53. The molecule has 3 amide bonds. The van der Waals surface area contributed by atoms with Crippen molar-refractivity contribution in [3.8, 4) is 5.75 Å². The van der Waals surface area contributed by atoms with Crippen LogP contribution >= 0.6 is 0 Å². The van der Waals surface area contributed by atoms with Crippen molar-refractivity contribution >= 4 is 17.6 Å². The number of rotatable bonds is 7. The quantitative estimate of drug-likeness (QED) is 0.724. The van der Waals surface area contributed by atoms with Gasteiger partial charge in [-0.3, -0.25) is 4.79 Å². The van der Waals surface area contributed by atoms with Gasteiger partial charge >= 0.3 is 6.03 Å². The minimum Gasteiger partial charge on any atom is -0.494 e. The topological polar surface area (TPSA) is 79.5 Å². The zero-order valence-electron chi connectivity index (χ0n) is 14.5. The van der Waals surface area contributed by atoms with E-state index in [0.29, 0.717) is 18.8 Å². The first-order valence-electron chi connectivity index (χ1n) is 8.17. The lowest BCUT2D eigenvalue weighted by atomic mass is 10.1. The van der Waals surface area contributed by atoms with Crippen molar-refractivity contribution in [3.05, 3.63) is 59.7 Å². The maximum Gasteiger partial charge on any atom is 0.315 e. The van der Waals surface area contributed by atoms with Crippen LogP contribution in [0.4, 0.5) is 10.5 Å². The lowest BCUT2D eigenvalue weighted by Crippen LogP contribution is -2.39. The van der Waals surface area contributed by atoms with Crippen LogP contribution in [-0.4, -0.2) is 25.1 Å². The highest BCUT2D eigenvalue weighted by atomic mass is 16.5. The lowest BCUT2D eigenvalue weighted by molar-refractivity contribution is -0.115. The molecule has 0 aliphatic heterocycles. The van der Waals surface area contributed by atoms with E-state index in [1.54, 1.807) is 24.3 Å². The van der Waals surface area contributed by atoms with Crippen LogP contribution in [0.1, 0.15) is 18.1 Å². The van der Waals surface area contributed by atoms with Crippen LogP contribution < -0.4 is 20.7 Å². The Bertz CT molecular complexity index is 697. The van der Waals surface area contributed by atoms with E-state index < -0.39 is 0 Å². The van der Waals surface area contributed by atoms with E-state index in [9.17, 15) is 9.59 Å². The first-order chi connectivity index (χ1) is 12.1. The third-order valence-electron chi connectivity index (χ3n) is 3.43. The smallest absolute Gasteiger partial charge is 0.315 e. The monoisotopic (exact) mass is 341 g/mol. The van der Waals surface area contributed by atoms with Gasteiger partial charge in [0.1, 0.15) is 5.75 Å². The number of carbonyl (C=O) groups excluding carboxylic acids is 2. The van der Waals surface area contributed by atoms with E-state index in [1.807, 2.05) is 38.1 Å².